The molecule has 2 aromatic heterocycles. The van der Waals surface area contributed by atoms with E-state index in [9.17, 15) is 0 Å². The molecule has 11 aromatic rings. The van der Waals surface area contributed by atoms with Crippen LogP contribution in [-0.2, 0) is 0 Å². The number of imidazole rings is 1. The number of hydrogen-bond donors (Lipinski definition) is 0. The van der Waals surface area contributed by atoms with Crippen LogP contribution < -0.4 is 10.4 Å². The summed E-state index contributed by atoms with van der Waals surface area (Å²) in [5.41, 5.74) is 15.1. The summed E-state index contributed by atoms with van der Waals surface area (Å²) in [6.45, 7) is 2.25. The summed E-state index contributed by atoms with van der Waals surface area (Å²) >= 11 is 0. The molecule has 0 N–H and O–H groups in total. The topological polar surface area (TPSA) is 17.3 Å². The van der Waals surface area contributed by atoms with Crippen LogP contribution in [0.4, 0.5) is 0 Å². The number of benzene rings is 9. The van der Waals surface area contributed by atoms with E-state index >= 15 is 0 Å². The van der Waals surface area contributed by atoms with Gasteiger partial charge in [-0.25, -0.2) is 4.98 Å². The van der Waals surface area contributed by atoms with Crippen molar-refractivity contribution in [2.45, 2.75) is 6.92 Å². The van der Waals surface area contributed by atoms with E-state index in [0.717, 1.165) is 27.6 Å². The van der Waals surface area contributed by atoms with Gasteiger partial charge in [-0.2, -0.15) is 0 Å². The minimum Gasteiger partial charge on any atom is -0.292 e. The summed E-state index contributed by atoms with van der Waals surface area (Å²) in [7, 11) is 0. The Morgan fingerprint density at radius 1 is 0.379 bits per heavy atom. The molecule has 0 unspecified atom stereocenters. The van der Waals surface area contributed by atoms with E-state index in [1.54, 1.807) is 0 Å². The van der Waals surface area contributed by atoms with Gasteiger partial charge in [0.05, 0.1) is 16.6 Å². The lowest BCUT2D eigenvalue weighted by atomic mass is 9.90. The number of pyridine rings is 1. The molecule has 0 aliphatic heterocycles. The van der Waals surface area contributed by atoms with Gasteiger partial charge in [0.1, 0.15) is 5.65 Å². The van der Waals surface area contributed by atoms with Crippen LogP contribution in [0.25, 0.3) is 82.5 Å². The smallest absolute Gasteiger partial charge is 0.146 e. The molecular formula is C56H38N2. The van der Waals surface area contributed by atoms with Gasteiger partial charge >= 0.3 is 0 Å². The number of hydrogen-bond acceptors (Lipinski definition) is 1. The third-order valence-electron chi connectivity index (χ3n) is 11.8. The molecule has 0 radical (unpaired) electrons. The fourth-order valence-corrected chi connectivity index (χ4v) is 8.89. The van der Waals surface area contributed by atoms with E-state index in [-0.39, 0.29) is 0 Å². The summed E-state index contributed by atoms with van der Waals surface area (Å²) in [6, 6.07) is 77.0. The second kappa shape index (κ2) is 13.9. The van der Waals surface area contributed by atoms with Crippen LogP contribution in [0.1, 0.15) is 23.6 Å². The number of nitrogens with zero attached hydrogens (tertiary/aromatic N) is 2. The van der Waals surface area contributed by atoms with Gasteiger partial charge in [-0.15, -0.1) is 0 Å². The highest BCUT2D eigenvalue weighted by atomic mass is 15.0. The Kier molecular flexibility index (Phi) is 8.08. The van der Waals surface area contributed by atoms with Crippen LogP contribution in [0.5, 0.6) is 0 Å². The molecule has 272 valence electrons. The first-order valence-corrected chi connectivity index (χ1v) is 20.0. The van der Waals surface area contributed by atoms with Gasteiger partial charge in [-0.1, -0.05) is 170 Å². The molecule has 9 aromatic carbocycles. The second-order valence-electron chi connectivity index (χ2n) is 15.2. The average Bonchev–Trinajstić information content (AvgIpc) is 3.70. The Balaban J connectivity index is 1.07. The van der Waals surface area contributed by atoms with Crippen molar-refractivity contribution in [3.05, 3.63) is 239 Å². The minimum atomic E-state index is 0.987. The minimum absolute atomic E-state index is 0.987. The Morgan fingerprint density at radius 2 is 1.02 bits per heavy atom. The molecule has 0 bridgehead atoms. The van der Waals surface area contributed by atoms with Crippen LogP contribution in [0.3, 0.4) is 0 Å². The lowest BCUT2D eigenvalue weighted by Gasteiger charge is -2.14. The number of rotatable bonds is 5. The first kappa shape index (κ1) is 33.8. The summed E-state index contributed by atoms with van der Waals surface area (Å²) in [6.07, 6.45) is 0. The van der Waals surface area contributed by atoms with Gasteiger partial charge in [0.25, 0.3) is 0 Å². The standard InChI is InChI=1S/C56H38N2/c1-37(38-26-28-40(29-27-38)44-31-30-39-14-5-6-17-42(39)34-44)47-20-7-8-22-49(47)55(41-15-3-2-4-16-41)46-19-13-18-43(35-46)45-32-33-50-51(36-45)48-21-9-11-24-53(48)58-54-25-12-10-23-52(54)57-56(50)58/h2-36H,1H3/b47-37+,55-49+. The molecule has 0 aliphatic carbocycles. The number of para-hydroxylation sites is 3. The molecule has 2 heteroatoms. The maximum absolute atomic E-state index is 5.13. The molecule has 0 atom stereocenters. The molecule has 11 rings (SSSR count). The van der Waals surface area contributed by atoms with Gasteiger partial charge in [-0.3, -0.25) is 4.40 Å². The lowest BCUT2D eigenvalue weighted by Crippen LogP contribution is -2.29. The van der Waals surface area contributed by atoms with E-state index < -0.39 is 0 Å². The summed E-state index contributed by atoms with van der Waals surface area (Å²) in [5.74, 6) is 0. The van der Waals surface area contributed by atoms with Crippen molar-refractivity contribution in [3.8, 4) is 22.3 Å². The Bertz CT molecular complexity index is 3500. The number of aromatic nitrogens is 2. The van der Waals surface area contributed by atoms with E-state index in [2.05, 4.69) is 224 Å². The second-order valence-corrected chi connectivity index (χ2v) is 15.2. The predicted molar refractivity (Wildman–Crippen MR) is 244 cm³/mol. The van der Waals surface area contributed by atoms with Gasteiger partial charge in [-0.05, 0) is 126 Å². The summed E-state index contributed by atoms with van der Waals surface area (Å²) in [4.78, 5) is 5.13. The SMILES string of the molecule is C/C(c1ccc(-c2ccc3ccccc3c2)cc1)=c1/cccc/c1=C(/c1ccccc1)c1cccc(-c2ccc3c(c2)c2ccccc2n2c4ccccc4nc32)c1. The van der Waals surface area contributed by atoms with Crippen LogP contribution in [0.15, 0.2) is 212 Å². The fraction of sp³-hybridized carbons (Fsp3) is 0.0179. The van der Waals surface area contributed by atoms with Crippen LogP contribution in [0.2, 0.25) is 0 Å². The molecule has 0 aliphatic rings. The van der Waals surface area contributed by atoms with Crippen LogP contribution >= 0.6 is 0 Å². The highest BCUT2D eigenvalue weighted by Gasteiger charge is 2.15. The molecule has 58 heavy (non-hydrogen) atoms. The third-order valence-corrected chi connectivity index (χ3v) is 11.8. The van der Waals surface area contributed by atoms with Crippen LogP contribution in [-0.4, -0.2) is 9.38 Å². The summed E-state index contributed by atoms with van der Waals surface area (Å²) < 4.78 is 2.31. The normalized spacial score (nSPS) is 12.8. The molecule has 0 amide bonds. The fourth-order valence-electron chi connectivity index (χ4n) is 8.89. The molecular weight excluding hydrogens is 701 g/mol. The zero-order chi connectivity index (χ0) is 38.6. The van der Waals surface area contributed by atoms with Crippen molar-refractivity contribution >= 4 is 60.3 Å². The van der Waals surface area contributed by atoms with Gasteiger partial charge in [0.15, 0.2) is 0 Å². The van der Waals surface area contributed by atoms with Crippen molar-refractivity contribution in [2.75, 3.05) is 0 Å². The summed E-state index contributed by atoms with van der Waals surface area (Å²) in [5, 5.41) is 8.52. The van der Waals surface area contributed by atoms with Crippen molar-refractivity contribution in [2.24, 2.45) is 0 Å². The van der Waals surface area contributed by atoms with Gasteiger partial charge in [0, 0.05) is 10.8 Å². The van der Waals surface area contributed by atoms with E-state index in [1.807, 2.05) is 0 Å². The molecule has 0 fully saturated rings. The first-order valence-electron chi connectivity index (χ1n) is 20.0. The Morgan fingerprint density at radius 3 is 1.88 bits per heavy atom. The van der Waals surface area contributed by atoms with Gasteiger partial charge < -0.3 is 0 Å². The molecule has 0 saturated heterocycles. The quantitative estimate of drug-likeness (QED) is 0.161. The first-order chi connectivity index (χ1) is 28.7. The molecule has 0 spiro atoms. The van der Waals surface area contributed by atoms with Crippen LogP contribution in [0, 0.1) is 0 Å². The predicted octanol–water partition coefficient (Wildman–Crippen LogP) is 12.7. The maximum Gasteiger partial charge on any atom is 0.146 e. The van der Waals surface area contributed by atoms with Crippen molar-refractivity contribution < 1.29 is 0 Å². The Hall–Kier alpha value is -7.55. The average molecular weight is 739 g/mol. The maximum atomic E-state index is 5.13. The highest BCUT2D eigenvalue weighted by Crippen LogP contribution is 2.36. The Labute approximate surface area is 336 Å². The lowest BCUT2D eigenvalue weighted by molar-refractivity contribution is 1.31. The largest absolute Gasteiger partial charge is 0.292 e. The van der Waals surface area contributed by atoms with Gasteiger partial charge in [0.2, 0.25) is 0 Å². The monoisotopic (exact) mass is 738 g/mol. The van der Waals surface area contributed by atoms with Crippen molar-refractivity contribution in [3.63, 3.8) is 0 Å². The zero-order valence-corrected chi connectivity index (χ0v) is 32.1. The van der Waals surface area contributed by atoms with E-state index in [0.29, 0.717) is 0 Å². The zero-order valence-electron chi connectivity index (χ0n) is 32.1. The van der Waals surface area contributed by atoms with Crippen molar-refractivity contribution in [1.82, 2.24) is 9.38 Å². The third kappa shape index (κ3) is 5.69. The van der Waals surface area contributed by atoms with Crippen molar-refractivity contribution in [1.29, 1.82) is 0 Å². The molecule has 2 heterocycles. The van der Waals surface area contributed by atoms with E-state index in [1.165, 1.54) is 82.1 Å². The molecule has 2 nitrogen and oxygen atoms in total. The highest BCUT2D eigenvalue weighted by molar-refractivity contribution is 6.14. The molecule has 0 saturated carbocycles. The van der Waals surface area contributed by atoms with E-state index in [4.69, 9.17) is 4.98 Å². The number of fused-ring (bicyclic) bond motifs is 9.